The fourth-order valence-corrected chi connectivity index (χ4v) is 2.99. The summed E-state index contributed by atoms with van der Waals surface area (Å²) in [5.74, 6) is 0.166. The standard InChI is InChI=1S/C16H21N3O4S/c1-10(2)13-5-14(23-19-13)16(20)18-12-3-4-21-7-15(12)22-6-11-8-24-9-17-11/h5,8-10,12,15H,3-4,6-7H2,1-2H3,(H,18,20)/t12-,15-/m1/s1. The van der Waals surface area contributed by atoms with E-state index in [1.807, 2.05) is 19.2 Å². The van der Waals surface area contributed by atoms with Crippen LogP contribution in [0.4, 0.5) is 0 Å². The molecule has 8 heteroatoms. The van der Waals surface area contributed by atoms with Gasteiger partial charge in [0.2, 0.25) is 5.76 Å². The van der Waals surface area contributed by atoms with Crippen LogP contribution in [0, 0.1) is 0 Å². The maximum atomic E-state index is 12.4. The van der Waals surface area contributed by atoms with E-state index in [2.05, 4.69) is 15.5 Å². The molecule has 1 aliphatic heterocycles. The van der Waals surface area contributed by atoms with Gasteiger partial charge in [0.05, 0.1) is 36.2 Å². The van der Waals surface area contributed by atoms with Gasteiger partial charge in [-0.1, -0.05) is 19.0 Å². The van der Waals surface area contributed by atoms with Crippen LogP contribution in [-0.2, 0) is 16.1 Å². The van der Waals surface area contributed by atoms with Crippen LogP contribution in [0.5, 0.6) is 0 Å². The summed E-state index contributed by atoms with van der Waals surface area (Å²) in [5, 5.41) is 8.84. The first-order valence-corrected chi connectivity index (χ1v) is 8.91. The van der Waals surface area contributed by atoms with E-state index in [4.69, 9.17) is 14.0 Å². The van der Waals surface area contributed by atoms with Gasteiger partial charge in [-0.3, -0.25) is 4.79 Å². The number of aromatic nitrogens is 2. The molecule has 2 aromatic heterocycles. The monoisotopic (exact) mass is 351 g/mol. The van der Waals surface area contributed by atoms with Crippen molar-refractivity contribution in [2.24, 2.45) is 0 Å². The number of carbonyl (C=O) groups excluding carboxylic acids is 1. The first kappa shape index (κ1) is 17.1. The molecule has 3 heterocycles. The Morgan fingerprint density at radius 2 is 2.42 bits per heavy atom. The fourth-order valence-electron chi connectivity index (χ4n) is 2.45. The van der Waals surface area contributed by atoms with E-state index in [-0.39, 0.29) is 29.7 Å². The van der Waals surface area contributed by atoms with Crippen LogP contribution in [0.2, 0.25) is 0 Å². The largest absolute Gasteiger partial charge is 0.379 e. The highest BCUT2D eigenvalue weighted by atomic mass is 32.1. The molecular weight excluding hydrogens is 330 g/mol. The molecule has 1 fully saturated rings. The lowest BCUT2D eigenvalue weighted by Gasteiger charge is -2.31. The minimum Gasteiger partial charge on any atom is -0.379 e. The smallest absolute Gasteiger partial charge is 0.290 e. The predicted molar refractivity (Wildman–Crippen MR) is 88.0 cm³/mol. The number of rotatable bonds is 6. The number of carbonyl (C=O) groups is 1. The van der Waals surface area contributed by atoms with E-state index >= 15 is 0 Å². The third kappa shape index (κ3) is 4.19. The summed E-state index contributed by atoms with van der Waals surface area (Å²) in [4.78, 5) is 16.6. The van der Waals surface area contributed by atoms with Crippen molar-refractivity contribution in [3.63, 3.8) is 0 Å². The van der Waals surface area contributed by atoms with Crippen molar-refractivity contribution in [2.45, 2.75) is 44.9 Å². The molecule has 3 rings (SSSR count). The van der Waals surface area contributed by atoms with Crippen LogP contribution >= 0.6 is 11.3 Å². The minimum absolute atomic E-state index is 0.127. The molecule has 0 aliphatic carbocycles. The summed E-state index contributed by atoms with van der Waals surface area (Å²) in [6.45, 7) is 5.45. The molecule has 2 atom stereocenters. The lowest BCUT2D eigenvalue weighted by molar-refractivity contribution is -0.0743. The van der Waals surface area contributed by atoms with Gasteiger partial charge in [-0.2, -0.15) is 0 Å². The lowest BCUT2D eigenvalue weighted by atomic mass is 10.1. The van der Waals surface area contributed by atoms with E-state index in [0.717, 1.165) is 11.4 Å². The molecule has 1 amide bonds. The van der Waals surface area contributed by atoms with E-state index < -0.39 is 0 Å². The van der Waals surface area contributed by atoms with Crippen LogP contribution in [0.1, 0.15) is 48.1 Å². The molecule has 0 spiro atoms. The minimum atomic E-state index is -0.274. The van der Waals surface area contributed by atoms with Crippen LogP contribution in [0.15, 0.2) is 21.5 Å². The molecule has 2 aromatic rings. The van der Waals surface area contributed by atoms with E-state index in [1.165, 1.54) is 11.3 Å². The zero-order valence-electron chi connectivity index (χ0n) is 13.7. The van der Waals surface area contributed by atoms with E-state index in [1.54, 1.807) is 11.6 Å². The van der Waals surface area contributed by atoms with Crippen molar-refractivity contribution >= 4 is 17.2 Å². The molecule has 1 aliphatic rings. The normalized spacial score (nSPS) is 21.1. The average molecular weight is 351 g/mol. The first-order valence-electron chi connectivity index (χ1n) is 7.97. The number of amides is 1. The van der Waals surface area contributed by atoms with Gasteiger partial charge in [-0.25, -0.2) is 4.98 Å². The second kappa shape index (κ2) is 7.87. The molecule has 0 bridgehead atoms. The molecule has 0 unspecified atom stereocenters. The Morgan fingerprint density at radius 3 is 3.12 bits per heavy atom. The maximum absolute atomic E-state index is 12.4. The highest BCUT2D eigenvalue weighted by Gasteiger charge is 2.29. The Hall–Kier alpha value is -1.77. The molecule has 1 saturated heterocycles. The van der Waals surface area contributed by atoms with E-state index in [0.29, 0.717) is 26.2 Å². The molecular formula is C16H21N3O4S. The molecule has 0 aromatic carbocycles. The Labute approximate surface area is 144 Å². The summed E-state index contributed by atoms with van der Waals surface area (Å²) < 4.78 is 16.5. The molecule has 1 N–H and O–H groups in total. The van der Waals surface area contributed by atoms with Crippen LogP contribution in [-0.4, -0.2) is 41.4 Å². The zero-order valence-corrected chi connectivity index (χ0v) is 14.5. The maximum Gasteiger partial charge on any atom is 0.290 e. The number of nitrogens with one attached hydrogen (secondary N) is 1. The molecule has 130 valence electrons. The van der Waals surface area contributed by atoms with Gasteiger partial charge < -0.3 is 19.3 Å². The highest BCUT2D eigenvalue weighted by Crippen LogP contribution is 2.17. The molecule has 0 radical (unpaired) electrons. The van der Waals surface area contributed by atoms with Crippen LogP contribution in [0.3, 0.4) is 0 Å². The van der Waals surface area contributed by atoms with Crippen molar-refractivity contribution in [2.75, 3.05) is 13.2 Å². The fraction of sp³-hybridized carbons (Fsp3) is 0.562. The molecule has 0 saturated carbocycles. The van der Waals surface area contributed by atoms with Crippen LogP contribution < -0.4 is 5.32 Å². The Balaban J connectivity index is 1.59. The number of thiazole rings is 1. The van der Waals surface area contributed by atoms with Crippen molar-refractivity contribution in [1.29, 1.82) is 0 Å². The zero-order chi connectivity index (χ0) is 16.9. The Morgan fingerprint density at radius 1 is 1.54 bits per heavy atom. The quantitative estimate of drug-likeness (QED) is 0.860. The summed E-state index contributed by atoms with van der Waals surface area (Å²) >= 11 is 1.53. The Kier molecular flexibility index (Phi) is 5.60. The number of ether oxygens (including phenoxy) is 2. The topological polar surface area (TPSA) is 86.5 Å². The number of nitrogens with zero attached hydrogens (tertiary/aromatic N) is 2. The van der Waals surface area contributed by atoms with Gasteiger partial charge in [-0.05, 0) is 12.3 Å². The van der Waals surface area contributed by atoms with Gasteiger partial charge in [0.15, 0.2) is 0 Å². The Bertz CT molecular complexity index is 656. The van der Waals surface area contributed by atoms with Crippen molar-refractivity contribution in [3.8, 4) is 0 Å². The van der Waals surface area contributed by atoms with E-state index in [9.17, 15) is 4.79 Å². The summed E-state index contributed by atoms with van der Waals surface area (Å²) in [7, 11) is 0. The van der Waals surface area contributed by atoms with Gasteiger partial charge >= 0.3 is 0 Å². The lowest BCUT2D eigenvalue weighted by Crippen LogP contribution is -2.49. The second-order valence-corrected chi connectivity index (χ2v) is 6.76. The van der Waals surface area contributed by atoms with Crippen molar-refractivity contribution < 1.29 is 18.8 Å². The molecule has 24 heavy (non-hydrogen) atoms. The summed E-state index contributed by atoms with van der Waals surface area (Å²) in [6.07, 6.45) is 0.482. The number of hydrogen-bond donors (Lipinski definition) is 1. The van der Waals surface area contributed by atoms with Crippen LogP contribution in [0.25, 0.3) is 0 Å². The van der Waals surface area contributed by atoms with Crippen molar-refractivity contribution in [3.05, 3.63) is 34.1 Å². The highest BCUT2D eigenvalue weighted by molar-refractivity contribution is 7.07. The predicted octanol–water partition coefficient (Wildman–Crippen LogP) is 2.36. The average Bonchev–Trinajstić information content (AvgIpc) is 3.26. The molecule has 7 nitrogen and oxygen atoms in total. The summed E-state index contributed by atoms with van der Waals surface area (Å²) in [6, 6.07) is 1.56. The third-order valence-corrected chi connectivity index (χ3v) is 4.53. The first-order chi connectivity index (χ1) is 11.6. The van der Waals surface area contributed by atoms with Gasteiger partial charge in [0, 0.05) is 18.1 Å². The summed E-state index contributed by atoms with van der Waals surface area (Å²) in [5.41, 5.74) is 3.42. The van der Waals surface area contributed by atoms with Gasteiger partial charge in [0.25, 0.3) is 5.91 Å². The van der Waals surface area contributed by atoms with Gasteiger partial charge in [-0.15, -0.1) is 11.3 Å². The van der Waals surface area contributed by atoms with Gasteiger partial charge in [0.1, 0.15) is 6.10 Å². The SMILES string of the molecule is CC(C)c1cc(C(=O)N[C@@H]2CCOC[C@H]2OCc2cscn2)on1. The second-order valence-electron chi connectivity index (χ2n) is 6.04. The third-order valence-electron chi connectivity index (χ3n) is 3.89. The van der Waals surface area contributed by atoms with Crippen molar-refractivity contribution in [1.82, 2.24) is 15.5 Å². The number of hydrogen-bond acceptors (Lipinski definition) is 7.